The predicted molar refractivity (Wildman–Crippen MR) is 107 cm³/mol. The molecule has 0 bridgehead atoms. The van der Waals surface area contributed by atoms with Gasteiger partial charge in [0.1, 0.15) is 11.4 Å². The molecule has 1 fully saturated rings. The van der Waals surface area contributed by atoms with Gasteiger partial charge in [-0.2, -0.15) is 0 Å². The molecule has 1 aliphatic heterocycles. The summed E-state index contributed by atoms with van der Waals surface area (Å²) in [5.74, 6) is -3.38. The molecule has 28 heavy (non-hydrogen) atoms. The molecule has 1 saturated heterocycles. The van der Waals surface area contributed by atoms with Crippen molar-refractivity contribution in [3.63, 3.8) is 0 Å². The van der Waals surface area contributed by atoms with Crippen LogP contribution in [-0.2, 0) is 6.42 Å². The van der Waals surface area contributed by atoms with Gasteiger partial charge >= 0.3 is 0 Å². The second kappa shape index (κ2) is 8.00. The van der Waals surface area contributed by atoms with Crippen LogP contribution < -0.4 is 5.73 Å². The number of amides is 1. The van der Waals surface area contributed by atoms with Crippen LogP contribution in [0.2, 0.25) is 0 Å². The Bertz CT molecular complexity index is 917. The number of likely N-dealkylation sites (tertiary alicyclic amines) is 1. The minimum Gasteiger partial charge on any atom is -0.385 e. The Hall–Kier alpha value is -1.65. The average molecular weight is 504 g/mol. The average Bonchev–Trinajstić information content (AvgIpc) is 2.63. The third-order valence-electron chi connectivity index (χ3n) is 5.16. The van der Waals surface area contributed by atoms with E-state index in [-0.39, 0.29) is 36.2 Å². The molecule has 150 valence electrons. The number of halogens is 4. The lowest BCUT2D eigenvalue weighted by Crippen LogP contribution is -2.70. The fourth-order valence-corrected chi connectivity index (χ4v) is 3.82. The summed E-state index contributed by atoms with van der Waals surface area (Å²) < 4.78 is 43.2. The largest absolute Gasteiger partial charge is 0.385 e. The normalized spacial score (nSPS) is 16.6. The Balaban J connectivity index is 1.90. The van der Waals surface area contributed by atoms with Crippen molar-refractivity contribution >= 4 is 28.5 Å². The zero-order chi connectivity index (χ0) is 20.6. The van der Waals surface area contributed by atoms with Crippen molar-refractivity contribution < 1.29 is 23.1 Å². The molecule has 1 aliphatic rings. The first-order valence-corrected chi connectivity index (χ1v) is 9.92. The van der Waals surface area contributed by atoms with Crippen molar-refractivity contribution in [1.29, 1.82) is 0 Å². The van der Waals surface area contributed by atoms with Gasteiger partial charge in [0.25, 0.3) is 5.91 Å². The van der Waals surface area contributed by atoms with E-state index < -0.39 is 35.0 Å². The molecule has 0 saturated carbocycles. The molecule has 2 aromatic rings. The molecule has 3 rings (SSSR count). The quantitative estimate of drug-likeness (QED) is 0.615. The van der Waals surface area contributed by atoms with Crippen molar-refractivity contribution in [1.82, 2.24) is 4.90 Å². The molecule has 0 aliphatic carbocycles. The van der Waals surface area contributed by atoms with Gasteiger partial charge in [-0.25, -0.2) is 13.2 Å². The lowest BCUT2D eigenvalue weighted by molar-refractivity contribution is -0.0971. The van der Waals surface area contributed by atoms with E-state index in [2.05, 4.69) is 0 Å². The molecule has 0 spiro atoms. The standard InChI is InChI=1S/C20H20F3IN2O2/c1-2-17(25)20(28)9-26(10-20)19(27)13-5-6-15(21)18(23)14(13)7-11-3-4-12(24)8-16(11)22/h3-6,8,17,28H,2,7,9-10,25H2,1H3/t17-/m1/s1. The maximum Gasteiger partial charge on any atom is 0.254 e. The second-order valence-corrected chi connectivity index (χ2v) is 8.33. The van der Waals surface area contributed by atoms with Crippen LogP contribution in [0.3, 0.4) is 0 Å². The third kappa shape index (κ3) is 3.90. The van der Waals surface area contributed by atoms with Gasteiger partial charge in [-0.05, 0) is 58.8 Å². The summed E-state index contributed by atoms with van der Waals surface area (Å²) in [6, 6.07) is 6.01. The van der Waals surface area contributed by atoms with E-state index >= 15 is 0 Å². The summed E-state index contributed by atoms with van der Waals surface area (Å²) in [5.41, 5.74) is 4.59. The molecule has 1 heterocycles. The first-order valence-electron chi connectivity index (χ1n) is 8.84. The molecular formula is C20H20F3IN2O2. The lowest BCUT2D eigenvalue weighted by atomic mass is 9.84. The van der Waals surface area contributed by atoms with Gasteiger partial charge in [0.05, 0.1) is 13.1 Å². The van der Waals surface area contributed by atoms with Gasteiger partial charge in [0.2, 0.25) is 0 Å². The molecule has 1 atom stereocenters. The van der Waals surface area contributed by atoms with Crippen molar-refractivity contribution in [3.05, 3.63) is 68.0 Å². The Morgan fingerprint density at radius 3 is 2.54 bits per heavy atom. The van der Waals surface area contributed by atoms with Crippen LogP contribution in [-0.4, -0.2) is 40.6 Å². The van der Waals surface area contributed by atoms with Crippen LogP contribution in [0.5, 0.6) is 0 Å². The smallest absolute Gasteiger partial charge is 0.254 e. The van der Waals surface area contributed by atoms with E-state index in [9.17, 15) is 23.1 Å². The zero-order valence-corrected chi connectivity index (χ0v) is 17.3. The monoisotopic (exact) mass is 504 g/mol. The molecule has 2 aromatic carbocycles. The van der Waals surface area contributed by atoms with Crippen LogP contribution >= 0.6 is 22.6 Å². The third-order valence-corrected chi connectivity index (χ3v) is 5.83. The van der Waals surface area contributed by atoms with Gasteiger partial charge in [-0.15, -0.1) is 0 Å². The molecule has 8 heteroatoms. The first-order chi connectivity index (χ1) is 13.2. The Labute approximate surface area is 174 Å². The number of rotatable bonds is 5. The number of hydrogen-bond acceptors (Lipinski definition) is 3. The summed E-state index contributed by atoms with van der Waals surface area (Å²) in [4.78, 5) is 14.2. The van der Waals surface area contributed by atoms with Gasteiger partial charge in [0, 0.05) is 27.2 Å². The van der Waals surface area contributed by atoms with Crippen LogP contribution in [0.4, 0.5) is 13.2 Å². The van der Waals surface area contributed by atoms with Gasteiger partial charge in [0.15, 0.2) is 11.6 Å². The molecule has 1 amide bonds. The molecule has 4 nitrogen and oxygen atoms in total. The number of β-amino-alcohol motifs (C(OH)–C–C–N with tert-alkyl or cyclic N) is 1. The van der Waals surface area contributed by atoms with E-state index in [0.717, 1.165) is 6.07 Å². The number of nitrogens with zero attached hydrogens (tertiary/aromatic N) is 1. The minimum atomic E-state index is -1.19. The summed E-state index contributed by atoms with van der Waals surface area (Å²) in [7, 11) is 0. The predicted octanol–water partition coefficient (Wildman–Crippen LogP) is 3.22. The first kappa shape index (κ1) is 21.1. The van der Waals surface area contributed by atoms with Crippen LogP contribution in [0.15, 0.2) is 30.3 Å². The summed E-state index contributed by atoms with van der Waals surface area (Å²) in [6.45, 7) is 1.85. The molecule has 0 aromatic heterocycles. The summed E-state index contributed by atoms with van der Waals surface area (Å²) >= 11 is 1.95. The molecule has 3 N–H and O–H groups in total. The van der Waals surface area contributed by atoms with Gasteiger partial charge in [-0.1, -0.05) is 13.0 Å². The lowest BCUT2D eigenvalue weighted by Gasteiger charge is -2.49. The topological polar surface area (TPSA) is 66.6 Å². The number of nitrogens with two attached hydrogens (primary N) is 1. The summed E-state index contributed by atoms with van der Waals surface area (Å²) in [6.07, 6.45) is 0.279. The van der Waals surface area contributed by atoms with E-state index in [1.54, 1.807) is 6.07 Å². The highest BCUT2D eigenvalue weighted by molar-refractivity contribution is 14.1. The van der Waals surface area contributed by atoms with Crippen molar-refractivity contribution in [3.8, 4) is 0 Å². The fourth-order valence-electron chi connectivity index (χ4n) is 3.36. The maximum absolute atomic E-state index is 14.5. The SMILES string of the molecule is CC[C@@H](N)C1(O)CN(C(=O)c2ccc(F)c(F)c2Cc2ccc(I)cc2F)C1. The van der Waals surface area contributed by atoms with E-state index in [1.165, 1.54) is 23.1 Å². The number of benzene rings is 2. The van der Waals surface area contributed by atoms with Gasteiger partial charge < -0.3 is 15.7 Å². The van der Waals surface area contributed by atoms with Crippen molar-refractivity contribution in [2.45, 2.75) is 31.4 Å². The van der Waals surface area contributed by atoms with Crippen molar-refractivity contribution in [2.24, 2.45) is 5.73 Å². The number of carbonyl (C=O) groups excluding carboxylic acids is 1. The molecule has 0 radical (unpaired) electrons. The highest BCUT2D eigenvalue weighted by atomic mass is 127. The van der Waals surface area contributed by atoms with E-state index in [1.807, 2.05) is 29.5 Å². The fraction of sp³-hybridized carbons (Fsp3) is 0.350. The van der Waals surface area contributed by atoms with Crippen LogP contribution in [0.25, 0.3) is 0 Å². The number of hydrogen-bond donors (Lipinski definition) is 2. The second-order valence-electron chi connectivity index (χ2n) is 7.08. The van der Waals surface area contributed by atoms with E-state index in [4.69, 9.17) is 5.73 Å². The Morgan fingerprint density at radius 1 is 1.25 bits per heavy atom. The molecule has 0 unspecified atom stereocenters. The van der Waals surface area contributed by atoms with E-state index in [0.29, 0.717) is 9.99 Å². The highest BCUT2D eigenvalue weighted by Crippen LogP contribution is 2.29. The number of aliphatic hydroxyl groups is 1. The van der Waals surface area contributed by atoms with Crippen LogP contribution in [0.1, 0.15) is 34.8 Å². The maximum atomic E-state index is 14.5. The van der Waals surface area contributed by atoms with Gasteiger partial charge in [-0.3, -0.25) is 4.79 Å². The van der Waals surface area contributed by atoms with Crippen LogP contribution in [0, 0.1) is 21.0 Å². The molecular weight excluding hydrogens is 484 g/mol. The number of carbonyl (C=O) groups is 1. The Kier molecular flexibility index (Phi) is 6.02. The minimum absolute atomic E-state index is 0.0111. The van der Waals surface area contributed by atoms with Crippen molar-refractivity contribution in [2.75, 3.05) is 13.1 Å². The Morgan fingerprint density at radius 2 is 1.93 bits per heavy atom. The summed E-state index contributed by atoms with van der Waals surface area (Å²) in [5, 5.41) is 10.4. The highest BCUT2D eigenvalue weighted by Gasteiger charge is 2.47. The zero-order valence-electron chi connectivity index (χ0n) is 15.2.